The van der Waals surface area contributed by atoms with Gasteiger partial charge >= 0.3 is 0 Å². The van der Waals surface area contributed by atoms with Gasteiger partial charge in [0.1, 0.15) is 5.82 Å². The van der Waals surface area contributed by atoms with E-state index in [1.165, 1.54) is 24.0 Å². The first kappa shape index (κ1) is 17.3. The Bertz CT molecular complexity index is 776. The van der Waals surface area contributed by atoms with Crippen LogP contribution in [0.5, 0.6) is 0 Å². The van der Waals surface area contributed by atoms with Crippen LogP contribution < -0.4 is 5.32 Å². The van der Waals surface area contributed by atoms with E-state index in [1.807, 2.05) is 36.0 Å². The molecule has 2 aromatic rings. The average molecular weight is 352 g/mol. The van der Waals surface area contributed by atoms with Crippen LogP contribution >= 0.6 is 0 Å². The van der Waals surface area contributed by atoms with E-state index in [-0.39, 0.29) is 17.9 Å². The zero-order chi connectivity index (χ0) is 18.3. The molecule has 1 saturated heterocycles. The zero-order valence-corrected chi connectivity index (χ0v) is 15.9. The maximum atomic E-state index is 12.3. The molecule has 5 nitrogen and oxygen atoms in total. The Morgan fingerprint density at radius 1 is 1.19 bits per heavy atom. The van der Waals surface area contributed by atoms with E-state index in [4.69, 9.17) is 0 Å². The van der Waals surface area contributed by atoms with Crippen molar-refractivity contribution < 1.29 is 4.79 Å². The van der Waals surface area contributed by atoms with Gasteiger partial charge < -0.3 is 14.8 Å². The molecular weight excluding hydrogens is 324 g/mol. The maximum Gasteiger partial charge on any atom is 0.223 e. The number of carbonyl (C=O) groups excluding carboxylic acids is 1. The van der Waals surface area contributed by atoms with Crippen molar-refractivity contribution in [2.45, 2.75) is 44.2 Å². The summed E-state index contributed by atoms with van der Waals surface area (Å²) in [6.45, 7) is 3.01. The minimum Gasteiger partial charge on any atom is -0.336 e. The van der Waals surface area contributed by atoms with Crippen LogP contribution in [-0.2, 0) is 11.8 Å². The number of nitrogens with zero attached hydrogens (tertiary/aromatic N) is 3. The molecule has 1 aromatic carbocycles. The molecule has 4 rings (SSSR count). The van der Waals surface area contributed by atoms with E-state index < -0.39 is 0 Å². The molecule has 138 valence electrons. The molecule has 2 aliphatic rings. The number of imidazole rings is 1. The number of nitrogens with one attached hydrogen (secondary N) is 1. The van der Waals surface area contributed by atoms with Crippen molar-refractivity contribution in [1.29, 1.82) is 0 Å². The number of aryl methyl sites for hydroxylation is 2. The van der Waals surface area contributed by atoms with Crippen LogP contribution in [0.3, 0.4) is 0 Å². The second-order valence-corrected chi connectivity index (χ2v) is 7.99. The first-order chi connectivity index (χ1) is 12.5. The fourth-order valence-electron chi connectivity index (χ4n) is 4.39. The Labute approximate surface area is 155 Å². The standard InChI is InChI=1S/C21H28N4O/c1-14-4-6-15(7-5-14)16-10-18(11-16)23-13-17-12-19(26)25(3)20(17)21-22-8-9-24(21)2/h4-9,16-18,20,23H,10-13H2,1-3H3/t16?,17-,18?,20+/m0/s1. The van der Waals surface area contributed by atoms with Crippen molar-refractivity contribution in [2.75, 3.05) is 13.6 Å². The number of amides is 1. The predicted molar refractivity (Wildman–Crippen MR) is 102 cm³/mol. The first-order valence-corrected chi connectivity index (χ1v) is 9.55. The normalized spacial score (nSPS) is 28.4. The highest BCUT2D eigenvalue weighted by Crippen LogP contribution is 2.39. The molecule has 0 unspecified atom stereocenters. The molecule has 2 atom stereocenters. The van der Waals surface area contributed by atoms with Crippen LogP contribution in [0.15, 0.2) is 36.7 Å². The third-order valence-electron chi connectivity index (χ3n) is 6.17. The largest absolute Gasteiger partial charge is 0.336 e. The lowest BCUT2D eigenvalue weighted by molar-refractivity contribution is -0.127. The molecule has 1 saturated carbocycles. The summed E-state index contributed by atoms with van der Waals surface area (Å²) in [5.41, 5.74) is 2.77. The van der Waals surface area contributed by atoms with Crippen LogP contribution in [0, 0.1) is 12.8 Å². The number of hydrogen-bond acceptors (Lipinski definition) is 3. The van der Waals surface area contributed by atoms with Gasteiger partial charge in [0.2, 0.25) is 5.91 Å². The molecule has 0 radical (unpaired) electrons. The zero-order valence-electron chi connectivity index (χ0n) is 15.9. The highest BCUT2D eigenvalue weighted by Gasteiger charge is 2.41. The van der Waals surface area contributed by atoms with Crippen molar-refractivity contribution in [3.63, 3.8) is 0 Å². The molecule has 2 fully saturated rings. The van der Waals surface area contributed by atoms with Crippen LogP contribution in [0.4, 0.5) is 0 Å². The van der Waals surface area contributed by atoms with Gasteiger partial charge in [-0.2, -0.15) is 0 Å². The molecular formula is C21H28N4O. The highest BCUT2D eigenvalue weighted by molar-refractivity contribution is 5.79. The lowest BCUT2D eigenvalue weighted by Gasteiger charge is -2.37. The number of carbonyl (C=O) groups is 1. The summed E-state index contributed by atoms with van der Waals surface area (Å²) in [6.07, 6.45) is 6.75. The Hall–Kier alpha value is -2.14. The van der Waals surface area contributed by atoms with Gasteiger partial charge in [-0.05, 0) is 31.2 Å². The fraction of sp³-hybridized carbons (Fsp3) is 0.524. The number of aromatic nitrogens is 2. The minimum absolute atomic E-state index is 0.0722. The molecule has 1 aromatic heterocycles. The van der Waals surface area contributed by atoms with Crippen molar-refractivity contribution in [3.8, 4) is 0 Å². The Kier molecular flexibility index (Phi) is 4.57. The molecule has 1 aliphatic heterocycles. The van der Waals surface area contributed by atoms with Crippen LogP contribution in [0.25, 0.3) is 0 Å². The van der Waals surface area contributed by atoms with Gasteiger partial charge in [-0.15, -0.1) is 0 Å². The van der Waals surface area contributed by atoms with Crippen LogP contribution in [0.2, 0.25) is 0 Å². The molecule has 1 amide bonds. The second kappa shape index (κ2) is 6.88. The Balaban J connectivity index is 1.34. The Morgan fingerprint density at radius 2 is 1.92 bits per heavy atom. The summed E-state index contributed by atoms with van der Waals surface area (Å²) >= 11 is 0. The number of rotatable bonds is 5. The van der Waals surface area contributed by atoms with Gasteiger partial charge in [0.05, 0.1) is 6.04 Å². The molecule has 26 heavy (non-hydrogen) atoms. The summed E-state index contributed by atoms with van der Waals surface area (Å²) in [5.74, 6) is 2.16. The smallest absolute Gasteiger partial charge is 0.223 e. The summed E-state index contributed by atoms with van der Waals surface area (Å²) in [7, 11) is 3.90. The van der Waals surface area contributed by atoms with Gasteiger partial charge in [0.25, 0.3) is 0 Å². The van der Waals surface area contributed by atoms with E-state index in [1.54, 1.807) is 0 Å². The number of benzene rings is 1. The van der Waals surface area contributed by atoms with E-state index in [0.29, 0.717) is 18.4 Å². The molecule has 5 heteroatoms. The summed E-state index contributed by atoms with van der Waals surface area (Å²) in [5, 5.41) is 3.71. The third kappa shape index (κ3) is 3.16. The second-order valence-electron chi connectivity index (χ2n) is 7.99. The Morgan fingerprint density at radius 3 is 2.58 bits per heavy atom. The summed E-state index contributed by atoms with van der Waals surface area (Å²) < 4.78 is 2.03. The van der Waals surface area contributed by atoms with Crippen molar-refractivity contribution in [3.05, 3.63) is 53.6 Å². The monoisotopic (exact) mass is 352 g/mol. The van der Waals surface area contributed by atoms with Crippen molar-refractivity contribution >= 4 is 5.91 Å². The lowest BCUT2D eigenvalue weighted by atomic mass is 9.75. The topological polar surface area (TPSA) is 50.2 Å². The molecule has 0 spiro atoms. The minimum atomic E-state index is 0.0722. The molecule has 2 heterocycles. The number of hydrogen-bond donors (Lipinski definition) is 1. The van der Waals surface area contributed by atoms with Crippen LogP contribution in [-0.4, -0.2) is 40.0 Å². The average Bonchev–Trinajstić information content (AvgIpc) is 3.11. The van der Waals surface area contributed by atoms with Gasteiger partial charge in [-0.25, -0.2) is 4.98 Å². The van der Waals surface area contributed by atoms with E-state index in [0.717, 1.165) is 12.4 Å². The van der Waals surface area contributed by atoms with E-state index in [2.05, 4.69) is 41.5 Å². The van der Waals surface area contributed by atoms with E-state index in [9.17, 15) is 4.79 Å². The maximum absolute atomic E-state index is 12.3. The fourth-order valence-corrected chi connectivity index (χ4v) is 4.39. The highest BCUT2D eigenvalue weighted by atomic mass is 16.2. The summed E-state index contributed by atoms with van der Waals surface area (Å²) in [4.78, 5) is 18.6. The molecule has 1 N–H and O–H groups in total. The van der Waals surface area contributed by atoms with Gasteiger partial charge in [0, 0.05) is 51.4 Å². The predicted octanol–water partition coefficient (Wildman–Crippen LogP) is 2.78. The van der Waals surface area contributed by atoms with Crippen molar-refractivity contribution in [1.82, 2.24) is 19.8 Å². The van der Waals surface area contributed by atoms with Gasteiger partial charge in [0.15, 0.2) is 0 Å². The third-order valence-corrected chi connectivity index (χ3v) is 6.17. The molecule has 1 aliphatic carbocycles. The first-order valence-electron chi connectivity index (χ1n) is 9.55. The van der Waals surface area contributed by atoms with Crippen LogP contribution in [0.1, 0.15) is 48.2 Å². The van der Waals surface area contributed by atoms with E-state index >= 15 is 0 Å². The SMILES string of the molecule is Cc1ccc(C2CC(NC[C@@H]3CC(=O)N(C)[C@H]3c3nccn3C)C2)cc1. The lowest BCUT2D eigenvalue weighted by Crippen LogP contribution is -2.43. The summed E-state index contributed by atoms with van der Waals surface area (Å²) in [6, 6.07) is 9.56. The van der Waals surface area contributed by atoms with Gasteiger partial charge in [-0.1, -0.05) is 29.8 Å². The van der Waals surface area contributed by atoms with Crippen molar-refractivity contribution in [2.24, 2.45) is 13.0 Å². The molecule has 0 bridgehead atoms. The van der Waals surface area contributed by atoms with Gasteiger partial charge in [-0.3, -0.25) is 4.79 Å². The number of likely N-dealkylation sites (tertiary alicyclic amines) is 1. The quantitative estimate of drug-likeness (QED) is 0.900.